The van der Waals surface area contributed by atoms with Crippen LogP contribution in [0.3, 0.4) is 0 Å². The summed E-state index contributed by atoms with van der Waals surface area (Å²) in [5.74, 6) is 0.351. The molecule has 1 saturated heterocycles. The Morgan fingerprint density at radius 1 is 1.04 bits per heavy atom. The highest BCUT2D eigenvalue weighted by molar-refractivity contribution is 8.00. The molecule has 1 aliphatic rings. The lowest BCUT2D eigenvalue weighted by atomic mass is 10.1. The predicted molar refractivity (Wildman–Crippen MR) is 109 cm³/mol. The van der Waals surface area contributed by atoms with Crippen LogP contribution in [0.2, 0.25) is 0 Å². The third-order valence-corrected chi connectivity index (χ3v) is 6.05. The topological polar surface area (TPSA) is 75.4 Å². The lowest BCUT2D eigenvalue weighted by molar-refractivity contribution is -0.124. The fourth-order valence-electron chi connectivity index (χ4n) is 3.40. The van der Waals surface area contributed by atoms with Crippen molar-refractivity contribution in [2.75, 3.05) is 18.8 Å². The van der Waals surface area contributed by atoms with Crippen molar-refractivity contribution < 1.29 is 9.59 Å². The van der Waals surface area contributed by atoms with Gasteiger partial charge in [0.2, 0.25) is 11.8 Å². The number of amides is 2. The van der Waals surface area contributed by atoms with Gasteiger partial charge in [-0.15, -0.1) is 11.8 Å². The normalized spacial score (nSPS) is 19.7. The molecule has 2 aromatic carbocycles. The number of hydrogen-bond donors (Lipinski definition) is 2. The summed E-state index contributed by atoms with van der Waals surface area (Å²) in [5, 5.41) is 3.11. The monoisotopic (exact) mass is 383 g/mol. The molecule has 0 aliphatic carbocycles. The number of nitrogens with zero attached hydrogens (tertiary/aromatic N) is 1. The zero-order chi connectivity index (χ0) is 19.1. The van der Waals surface area contributed by atoms with Gasteiger partial charge in [0.1, 0.15) is 0 Å². The number of carbonyl (C=O) groups is 2. The van der Waals surface area contributed by atoms with E-state index >= 15 is 0 Å². The molecule has 142 valence electrons. The molecule has 0 aromatic heterocycles. The Balaban J connectivity index is 1.70. The Bertz CT molecular complexity index is 770. The second-order valence-corrected chi connectivity index (χ2v) is 8.08. The summed E-state index contributed by atoms with van der Waals surface area (Å²) >= 11 is 1.59. The van der Waals surface area contributed by atoms with Crippen molar-refractivity contribution in [1.82, 2.24) is 10.2 Å². The van der Waals surface area contributed by atoms with Gasteiger partial charge < -0.3 is 11.1 Å². The Hall–Kier alpha value is -2.31. The van der Waals surface area contributed by atoms with Crippen molar-refractivity contribution in [3.05, 3.63) is 71.8 Å². The SMILES string of the molecule is NC(=O)CC1(NC(=O)Cc2ccccc2)SCCN1CCc1ccccc1. The smallest absolute Gasteiger partial charge is 0.226 e. The molecule has 3 N–H and O–H groups in total. The number of thioether (sulfide) groups is 1. The van der Waals surface area contributed by atoms with Gasteiger partial charge in [0.05, 0.1) is 12.8 Å². The zero-order valence-corrected chi connectivity index (χ0v) is 16.1. The largest absolute Gasteiger partial charge is 0.370 e. The number of carbonyl (C=O) groups excluding carboxylic acids is 2. The van der Waals surface area contributed by atoms with Crippen LogP contribution in [-0.2, 0) is 22.4 Å². The molecule has 1 unspecified atom stereocenters. The summed E-state index contributed by atoms with van der Waals surface area (Å²) in [5.41, 5.74) is 7.71. The van der Waals surface area contributed by atoms with Crippen LogP contribution < -0.4 is 11.1 Å². The third kappa shape index (κ3) is 5.34. The van der Waals surface area contributed by atoms with Gasteiger partial charge in [0.15, 0.2) is 4.99 Å². The van der Waals surface area contributed by atoms with Crippen molar-refractivity contribution in [3.63, 3.8) is 0 Å². The summed E-state index contributed by atoms with van der Waals surface area (Å²) in [6.45, 7) is 1.58. The summed E-state index contributed by atoms with van der Waals surface area (Å²) in [6.07, 6.45) is 1.25. The van der Waals surface area contributed by atoms with Gasteiger partial charge in [0.25, 0.3) is 0 Å². The molecule has 1 atom stereocenters. The molecule has 2 aromatic rings. The average Bonchev–Trinajstić information content (AvgIpc) is 3.02. The average molecular weight is 384 g/mol. The molecule has 1 heterocycles. The number of benzene rings is 2. The number of primary amides is 1. The van der Waals surface area contributed by atoms with Crippen molar-refractivity contribution >= 4 is 23.6 Å². The van der Waals surface area contributed by atoms with E-state index in [9.17, 15) is 9.59 Å². The van der Waals surface area contributed by atoms with Crippen LogP contribution in [0.5, 0.6) is 0 Å². The van der Waals surface area contributed by atoms with Crippen molar-refractivity contribution in [1.29, 1.82) is 0 Å². The van der Waals surface area contributed by atoms with E-state index in [-0.39, 0.29) is 18.7 Å². The second kappa shape index (κ2) is 9.06. The summed E-state index contributed by atoms with van der Waals surface area (Å²) in [7, 11) is 0. The van der Waals surface area contributed by atoms with Crippen molar-refractivity contribution in [2.24, 2.45) is 5.73 Å². The van der Waals surface area contributed by atoms with Gasteiger partial charge in [-0.1, -0.05) is 60.7 Å². The lowest BCUT2D eigenvalue weighted by Gasteiger charge is -2.37. The lowest BCUT2D eigenvalue weighted by Crippen LogP contribution is -2.58. The van der Waals surface area contributed by atoms with Crippen LogP contribution in [0, 0.1) is 0 Å². The summed E-state index contributed by atoms with van der Waals surface area (Å²) in [6, 6.07) is 19.8. The number of rotatable bonds is 8. The van der Waals surface area contributed by atoms with Crippen LogP contribution in [0.15, 0.2) is 60.7 Å². The molecule has 2 amide bonds. The number of nitrogens with one attached hydrogen (secondary N) is 1. The highest BCUT2D eigenvalue weighted by Crippen LogP contribution is 2.36. The minimum Gasteiger partial charge on any atom is -0.370 e. The number of hydrogen-bond acceptors (Lipinski definition) is 4. The maximum Gasteiger partial charge on any atom is 0.226 e. The Kier molecular flexibility index (Phi) is 6.53. The highest BCUT2D eigenvalue weighted by atomic mass is 32.2. The molecule has 0 radical (unpaired) electrons. The minimum absolute atomic E-state index is 0.0958. The van der Waals surface area contributed by atoms with Gasteiger partial charge in [-0.25, -0.2) is 0 Å². The fourth-order valence-corrected chi connectivity index (χ4v) is 4.84. The van der Waals surface area contributed by atoms with Crippen LogP contribution >= 0.6 is 11.8 Å². The van der Waals surface area contributed by atoms with Crippen LogP contribution in [0.4, 0.5) is 0 Å². The van der Waals surface area contributed by atoms with Gasteiger partial charge in [0, 0.05) is 18.8 Å². The summed E-state index contributed by atoms with van der Waals surface area (Å²) in [4.78, 5) is 25.8. The first-order chi connectivity index (χ1) is 13.1. The molecule has 5 nitrogen and oxygen atoms in total. The van der Waals surface area contributed by atoms with Gasteiger partial charge in [-0.05, 0) is 17.5 Å². The first-order valence-electron chi connectivity index (χ1n) is 9.13. The minimum atomic E-state index is -0.757. The van der Waals surface area contributed by atoms with E-state index in [1.165, 1.54) is 5.56 Å². The van der Waals surface area contributed by atoms with Crippen LogP contribution in [0.25, 0.3) is 0 Å². The van der Waals surface area contributed by atoms with Crippen LogP contribution in [-0.4, -0.2) is 40.6 Å². The van der Waals surface area contributed by atoms with Crippen molar-refractivity contribution in [3.8, 4) is 0 Å². The van der Waals surface area contributed by atoms with Crippen LogP contribution in [0.1, 0.15) is 17.5 Å². The first-order valence-corrected chi connectivity index (χ1v) is 10.1. The van der Waals surface area contributed by atoms with Gasteiger partial charge >= 0.3 is 0 Å². The van der Waals surface area contributed by atoms with E-state index in [0.29, 0.717) is 0 Å². The maximum absolute atomic E-state index is 12.7. The maximum atomic E-state index is 12.7. The molecule has 0 bridgehead atoms. The van der Waals surface area contributed by atoms with E-state index in [4.69, 9.17) is 5.73 Å². The molecule has 6 heteroatoms. The van der Waals surface area contributed by atoms with E-state index in [1.807, 2.05) is 48.5 Å². The Morgan fingerprint density at radius 3 is 2.30 bits per heavy atom. The first kappa shape index (κ1) is 19.5. The molecule has 3 rings (SSSR count). The molecule has 0 spiro atoms. The molecule has 1 aliphatic heterocycles. The third-order valence-electron chi connectivity index (χ3n) is 4.68. The van der Waals surface area contributed by atoms with Crippen molar-refractivity contribution in [2.45, 2.75) is 24.3 Å². The quantitative estimate of drug-likeness (QED) is 0.733. The van der Waals surface area contributed by atoms with E-state index in [1.54, 1.807) is 11.8 Å². The molecule has 0 saturated carbocycles. The standard InChI is InChI=1S/C21H25N3O2S/c22-19(25)16-21(23-20(26)15-18-9-5-2-6-10-18)24(13-14-27-21)12-11-17-7-3-1-4-8-17/h1-10H,11-16H2,(H2,22,25)(H,23,26). The second-order valence-electron chi connectivity index (χ2n) is 6.71. The van der Waals surface area contributed by atoms with Gasteiger partial charge in [-0.3, -0.25) is 14.5 Å². The molecule has 1 fully saturated rings. The highest BCUT2D eigenvalue weighted by Gasteiger charge is 2.44. The Morgan fingerprint density at radius 2 is 1.67 bits per heavy atom. The summed E-state index contributed by atoms with van der Waals surface area (Å²) < 4.78 is 0. The molecule has 27 heavy (non-hydrogen) atoms. The van der Waals surface area contributed by atoms with Gasteiger partial charge in [-0.2, -0.15) is 0 Å². The molecular weight excluding hydrogens is 358 g/mol. The number of nitrogens with two attached hydrogens (primary N) is 1. The molecular formula is C21H25N3O2S. The fraction of sp³-hybridized carbons (Fsp3) is 0.333. The predicted octanol–water partition coefficient (Wildman–Crippen LogP) is 2.17. The van der Waals surface area contributed by atoms with E-state index in [2.05, 4.69) is 22.3 Å². The Labute approximate surface area is 164 Å². The zero-order valence-electron chi connectivity index (χ0n) is 15.3. The van der Waals surface area contributed by atoms with E-state index < -0.39 is 10.9 Å². The van der Waals surface area contributed by atoms with E-state index in [0.717, 1.165) is 30.8 Å².